The Hall–Kier alpha value is -1.37. The number of morpholine rings is 1. The normalized spacial score (nSPS) is 18.8. The zero-order chi connectivity index (χ0) is 17.0. The Morgan fingerprint density at radius 1 is 1.57 bits per heavy atom. The molecule has 1 aliphatic heterocycles. The summed E-state index contributed by atoms with van der Waals surface area (Å²) in [5.74, 6) is -0.387. The maximum Gasteiger partial charge on any atom is 0.317 e. The summed E-state index contributed by atoms with van der Waals surface area (Å²) >= 11 is 6.11. The largest absolute Gasteiger partial charge is 0.394 e. The number of hydrogen-bond donors (Lipinski definition) is 2. The van der Waals surface area contributed by atoms with Gasteiger partial charge in [-0.1, -0.05) is 31.5 Å². The molecule has 1 aromatic carbocycles. The zero-order valence-corrected chi connectivity index (χ0v) is 14.1. The van der Waals surface area contributed by atoms with Crippen LogP contribution in [0.3, 0.4) is 0 Å². The summed E-state index contributed by atoms with van der Waals surface area (Å²) in [6.07, 6.45) is -0.339. The third-order valence-electron chi connectivity index (χ3n) is 3.97. The number of halogens is 2. The van der Waals surface area contributed by atoms with E-state index in [1.54, 1.807) is 11.0 Å². The van der Waals surface area contributed by atoms with Gasteiger partial charge in [-0.05, 0) is 17.7 Å². The van der Waals surface area contributed by atoms with Gasteiger partial charge in [0, 0.05) is 23.5 Å². The molecule has 0 radical (unpaired) electrons. The summed E-state index contributed by atoms with van der Waals surface area (Å²) in [5, 5.41) is 12.3. The lowest BCUT2D eigenvalue weighted by Crippen LogP contribution is -2.52. The van der Waals surface area contributed by atoms with Crippen molar-refractivity contribution in [2.24, 2.45) is 0 Å². The molecule has 23 heavy (non-hydrogen) atoms. The topological polar surface area (TPSA) is 61.8 Å². The van der Waals surface area contributed by atoms with Crippen molar-refractivity contribution in [1.82, 2.24) is 10.2 Å². The SMILES string of the molecule is CC(C)(CNC(=O)N1CCO[C@H](CO)C1)c1ccc(F)cc1Cl. The highest BCUT2D eigenvalue weighted by molar-refractivity contribution is 6.31. The summed E-state index contributed by atoms with van der Waals surface area (Å²) in [4.78, 5) is 13.9. The van der Waals surface area contributed by atoms with E-state index in [9.17, 15) is 9.18 Å². The number of carbonyl (C=O) groups excluding carboxylic acids is 1. The van der Waals surface area contributed by atoms with Crippen molar-refractivity contribution in [3.63, 3.8) is 0 Å². The molecule has 0 unspecified atom stereocenters. The Bertz CT molecular complexity index is 568. The number of carbonyl (C=O) groups is 1. The number of ether oxygens (including phenoxy) is 1. The first-order valence-electron chi connectivity index (χ1n) is 7.54. The Kier molecular flexibility index (Phi) is 5.84. The zero-order valence-electron chi connectivity index (χ0n) is 13.3. The Balaban J connectivity index is 1.97. The highest BCUT2D eigenvalue weighted by Crippen LogP contribution is 2.30. The fourth-order valence-electron chi connectivity index (χ4n) is 2.56. The molecule has 128 valence electrons. The molecular formula is C16H22ClFN2O3. The first kappa shape index (κ1) is 18.0. The van der Waals surface area contributed by atoms with Crippen LogP contribution in [0.5, 0.6) is 0 Å². The molecule has 0 aliphatic carbocycles. The summed E-state index contributed by atoms with van der Waals surface area (Å²) in [7, 11) is 0. The first-order valence-corrected chi connectivity index (χ1v) is 7.92. The highest BCUT2D eigenvalue weighted by Gasteiger charge is 2.27. The van der Waals surface area contributed by atoms with Crippen molar-refractivity contribution in [3.05, 3.63) is 34.6 Å². The molecule has 1 saturated heterocycles. The van der Waals surface area contributed by atoms with Gasteiger partial charge in [0.1, 0.15) is 5.82 Å². The van der Waals surface area contributed by atoms with E-state index >= 15 is 0 Å². The fraction of sp³-hybridized carbons (Fsp3) is 0.562. The molecule has 5 nitrogen and oxygen atoms in total. The maximum atomic E-state index is 13.2. The summed E-state index contributed by atoms with van der Waals surface area (Å²) in [5.41, 5.74) is 0.333. The number of nitrogens with zero attached hydrogens (tertiary/aromatic N) is 1. The minimum absolute atomic E-state index is 0.111. The van der Waals surface area contributed by atoms with E-state index in [0.717, 1.165) is 5.56 Å². The van der Waals surface area contributed by atoms with Crippen LogP contribution in [-0.2, 0) is 10.2 Å². The molecule has 1 aliphatic rings. The molecular weight excluding hydrogens is 323 g/mol. The third-order valence-corrected chi connectivity index (χ3v) is 4.28. The van der Waals surface area contributed by atoms with Gasteiger partial charge in [-0.3, -0.25) is 0 Å². The van der Waals surface area contributed by atoms with E-state index in [4.69, 9.17) is 21.4 Å². The summed E-state index contributed by atoms with van der Waals surface area (Å²) in [6.45, 7) is 5.37. The van der Waals surface area contributed by atoms with E-state index in [-0.39, 0.29) is 24.6 Å². The molecule has 7 heteroatoms. The Morgan fingerprint density at radius 2 is 2.30 bits per heavy atom. The van der Waals surface area contributed by atoms with Crippen LogP contribution in [-0.4, -0.2) is 55.0 Å². The quantitative estimate of drug-likeness (QED) is 0.880. The number of aliphatic hydroxyl groups is 1. The van der Waals surface area contributed by atoms with Crippen molar-refractivity contribution >= 4 is 17.6 Å². The van der Waals surface area contributed by atoms with Crippen LogP contribution in [0.15, 0.2) is 18.2 Å². The van der Waals surface area contributed by atoms with Crippen LogP contribution in [0.4, 0.5) is 9.18 Å². The highest BCUT2D eigenvalue weighted by atomic mass is 35.5. The molecule has 1 aromatic rings. The van der Waals surface area contributed by atoms with Crippen molar-refractivity contribution < 1.29 is 19.0 Å². The van der Waals surface area contributed by atoms with Gasteiger partial charge in [-0.2, -0.15) is 0 Å². The van der Waals surface area contributed by atoms with Gasteiger partial charge in [0.15, 0.2) is 0 Å². The molecule has 0 aromatic heterocycles. The van der Waals surface area contributed by atoms with Crippen LogP contribution in [0, 0.1) is 5.82 Å². The average molecular weight is 345 g/mol. The fourth-order valence-corrected chi connectivity index (χ4v) is 2.98. The van der Waals surface area contributed by atoms with Crippen LogP contribution >= 0.6 is 11.6 Å². The van der Waals surface area contributed by atoms with E-state index in [1.165, 1.54) is 12.1 Å². The van der Waals surface area contributed by atoms with E-state index < -0.39 is 5.41 Å². The second-order valence-corrected chi connectivity index (χ2v) is 6.70. The lowest BCUT2D eigenvalue weighted by molar-refractivity contribution is -0.0403. The minimum Gasteiger partial charge on any atom is -0.394 e. The lowest BCUT2D eigenvalue weighted by Gasteiger charge is -2.33. The number of hydrogen-bond acceptors (Lipinski definition) is 3. The van der Waals surface area contributed by atoms with Crippen LogP contribution in [0.2, 0.25) is 5.02 Å². The standard InChI is InChI=1S/C16H22ClFN2O3/c1-16(2,13-4-3-11(18)7-14(13)17)10-19-15(22)20-5-6-23-12(8-20)9-21/h3-4,7,12,21H,5-6,8-10H2,1-2H3,(H,19,22)/t12-/m0/s1. The van der Waals surface area contributed by atoms with Gasteiger partial charge in [-0.15, -0.1) is 0 Å². The monoisotopic (exact) mass is 344 g/mol. The Labute approximate surface area is 140 Å². The predicted molar refractivity (Wildman–Crippen MR) is 86.2 cm³/mol. The number of amides is 2. The van der Waals surface area contributed by atoms with E-state index in [1.807, 2.05) is 13.8 Å². The molecule has 0 bridgehead atoms. The number of nitrogens with one attached hydrogen (secondary N) is 1. The average Bonchev–Trinajstić information content (AvgIpc) is 2.52. The van der Waals surface area contributed by atoms with Gasteiger partial charge in [0.25, 0.3) is 0 Å². The third kappa shape index (κ3) is 4.56. The van der Waals surface area contributed by atoms with Gasteiger partial charge in [0.2, 0.25) is 0 Å². The van der Waals surface area contributed by atoms with Crippen LogP contribution in [0.25, 0.3) is 0 Å². The first-order chi connectivity index (χ1) is 10.8. The van der Waals surface area contributed by atoms with Gasteiger partial charge >= 0.3 is 6.03 Å². The summed E-state index contributed by atoms with van der Waals surface area (Å²) < 4.78 is 18.5. The molecule has 1 fully saturated rings. The summed E-state index contributed by atoms with van der Waals surface area (Å²) in [6, 6.07) is 4.06. The van der Waals surface area contributed by atoms with Crippen molar-refractivity contribution in [2.75, 3.05) is 32.8 Å². The van der Waals surface area contributed by atoms with Crippen LogP contribution < -0.4 is 5.32 Å². The lowest BCUT2D eigenvalue weighted by atomic mass is 9.84. The maximum absolute atomic E-state index is 13.2. The molecule has 0 saturated carbocycles. The number of aliphatic hydroxyl groups excluding tert-OH is 1. The van der Waals surface area contributed by atoms with Crippen molar-refractivity contribution in [3.8, 4) is 0 Å². The predicted octanol–water partition coefficient (Wildman–Crippen LogP) is 2.16. The van der Waals surface area contributed by atoms with Crippen molar-refractivity contribution in [2.45, 2.75) is 25.4 Å². The molecule has 2 rings (SSSR count). The second-order valence-electron chi connectivity index (χ2n) is 6.29. The van der Waals surface area contributed by atoms with E-state index in [2.05, 4.69) is 5.32 Å². The molecule has 2 N–H and O–H groups in total. The molecule has 1 heterocycles. The minimum atomic E-state index is -0.441. The molecule has 1 atom stereocenters. The number of urea groups is 1. The van der Waals surface area contributed by atoms with Crippen molar-refractivity contribution in [1.29, 1.82) is 0 Å². The Morgan fingerprint density at radius 3 is 2.96 bits per heavy atom. The molecule has 2 amide bonds. The van der Waals surface area contributed by atoms with Gasteiger partial charge < -0.3 is 20.1 Å². The van der Waals surface area contributed by atoms with E-state index in [0.29, 0.717) is 31.3 Å². The molecule has 0 spiro atoms. The number of rotatable bonds is 4. The smallest absolute Gasteiger partial charge is 0.317 e. The van der Waals surface area contributed by atoms with Gasteiger partial charge in [-0.25, -0.2) is 9.18 Å². The van der Waals surface area contributed by atoms with Gasteiger partial charge in [0.05, 0.1) is 25.9 Å². The second kappa shape index (κ2) is 7.47. The number of benzene rings is 1. The van der Waals surface area contributed by atoms with Crippen LogP contribution in [0.1, 0.15) is 19.4 Å².